The van der Waals surface area contributed by atoms with Crippen molar-refractivity contribution in [2.45, 2.75) is 225 Å². The lowest BCUT2D eigenvalue weighted by Crippen LogP contribution is -2.63. The summed E-state index contributed by atoms with van der Waals surface area (Å²) in [6.45, 7) is 14.9. The molecule has 1 aliphatic carbocycles. The van der Waals surface area contributed by atoms with Crippen LogP contribution in [0.2, 0.25) is 0 Å². The van der Waals surface area contributed by atoms with Crippen molar-refractivity contribution in [3.05, 3.63) is 35.9 Å². The van der Waals surface area contributed by atoms with Crippen molar-refractivity contribution < 1.29 is 76.2 Å². The van der Waals surface area contributed by atoms with Crippen LogP contribution in [0.15, 0.2) is 30.3 Å². The number of alkyl halides is 2. The standard InChI is InChI=1S/C62H101F2N15O14/c1-12-31(5)45(74-51(83)39(68-11)24-23-37-20-17-16-18-21-37)55(87)72-40(22-19-27-69-61(66)67)52(84)71-41(25-26-44(65)81)53(85)75-47(33(7)14-3)57(89)76-46(32(6)13-2)56(88)73-42(30-80)54(86)77-49-36(10)93-59(91)48(34(8)15-4)78-60(92)62(29-38(62)28-43(63)64)79-50(82)35(9)70-58(49)90/h16-18,20-21,31-36,38-43,45-49,68,80H,12-15,19,22-30H2,1-11H3,(H2,65,81)(H,70,90)(H,71,84)(H,72,87)(H,73,88)(H,74,83)(H,75,85)(H,76,89)(H,77,86)(H,78,92)(H,79,82)(H4,66,67,69)/t31-,32-,33-,34-,35-,36-,38?,39+,40-,41+,42-,45-,46-,47+,48-,49+,62?/m0/s1. The van der Waals surface area contributed by atoms with E-state index in [0.717, 1.165) is 5.56 Å². The summed E-state index contributed by atoms with van der Waals surface area (Å²) in [7, 11) is 1.62. The predicted octanol–water partition coefficient (Wildman–Crippen LogP) is -1.23. The quantitative estimate of drug-likeness (QED) is 0.0162. The number of likely N-dealkylation sites (N-methyl/N-ethyl adjacent to an activating group) is 1. The minimum atomic E-state index is -2.83. The molecule has 0 aromatic heterocycles. The summed E-state index contributed by atoms with van der Waals surface area (Å²) in [5.41, 5.74) is 10.2. The molecule has 0 radical (unpaired) electrons. The third-order valence-corrected chi connectivity index (χ3v) is 17.5. The lowest BCUT2D eigenvalue weighted by atomic mass is 9.94. The van der Waals surface area contributed by atoms with E-state index in [4.69, 9.17) is 21.6 Å². The van der Waals surface area contributed by atoms with Crippen LogP contribution >= 0.6 is 0 Å². The van der Waals surface area contributed by atoms with E-state index in [9.17, 15) is 71.4 Å². The van der Waals surface area contributed by atoms with Gasteiger partial charge in [0.1, 0.15) is 66.0 Å². The molecule has 1 aromatic rings. The first-order valence-electron chi connectivity index (χ1n) is 32.1. The van der Waals surface area contributed by atoms with Crippen LogP contribution in [-0.4, -0.2) is 181 Å². The van der Waals surface area contributed by atoms with E-state index in [1.807, 2.05) is 37.3 Å². The van der Waals surface area contributed by atoms with Gasteiger partial charge in [-0.3, -0.25) is 58.1 Å². The van der Waals surface area contributed by atoms with E-state index in [-0.39, 0.29) is 44.6 Å². The van der Waals surface area contributed by atoms with Gasteiger partial charge in [0.2, 0.25) is 71.4 Å². The zero-order chi connectivity index (χ0) is 70.0. The van der Waals surface area contributed by atoms with Crippen LogP contribution in [-0.2, 0) is 68.7 Å². The average molecular weight is 1320 g/mol. The van der Waals surface area contributed by atoms with E-state index in [0.29, 0.717) is 25.7 Å². The lowest BCUT2D eigenvalue weighted by molar-refractivity contribution is -0.157. The molecule has 1 saturated carbocycles. The predicted molar refractivity (Wildman–Crippen MR) is 338 cm³/mol. The summed E-state index contributed by atoms with van der Waals surface area (Å²) in [6, 6.07) is -4.81. The van der Waals surface area contributed by atoms with Gasteiger partial charge in [-0.25, -0.2) is 13.6 Å². The maximum absolute atomic E-state index is 14.5. The van der Waals surface area contributed by atoms with Crippen molar-refractivity contribution in [1.29, 1.82) is 5.41 Å². The first-order valence-corrected chi connectivity index (χ1v) is 32.1. The summed E-state index contributed by atoms with van der Waals surface area (Å²) >= 11 is 0. The monoisotopic (exact) mass is 1320 g/mol. The number of ether oxygens (including phenoxy) is 1. The van der Waals surface area contributed by atoms with Crippen LogP contribution in [0.4, 0.5) is 8.78 Å². The van der Waals surface area contributed by atoms with Crippen molar-refractivity contribution in [3.63, 3.8) is 0 Å². The molecule has 3 rings (SSSR count). The van der Waals surface area contributed by atoms with Gasteiger partial charge in [0.25, 0.3) is 0 Å². The number of carbonyl (C=O) groups is 12. The molecule has 17 atom stereocenters. The molecule has 29 nitrogen and oxygen atoms in total. The molecule has 522 valence electrons. The van der Waals surface area contributed by atoms with Crippen molar-refractivity contribution in [3.8, 4) is 0 Å². The van der Waals surface area contributed by atoms with Crippen LogP contribution in [0.3, 0.4) is 0 Å². The number of nitrogens with one attached hydrogen (secondary N) is 13. The Hall–Kier alpha value is -8.09. The van der Waals surface area contributed by atoms with Crippen LogP contribution in [0, 0.1) is 35.0 Å². The van der Waals surface area contributed by atoms with Gasteiger partial charge in [0.15, 0.2) is 5.96 Å². The number of hydrogen-bond acceptors (Lipinski definition) is 16. The second-order valence-electron chi connectivity index (χ2n) is 24.5. The van der Waals surface area contributed by atoms with Crippen molar-refractivity contribution >= 4 is 76.9 Å². The Balaban J connectivity index is 1.91. The zero-order valence-electron chi connectivity index (χ0n) is 55.3. The van der Waals surface area contributed by atoms with E-state index in [1.54, 1.807) is 55.5 Å². The normalized spacial score (nSPS) is 22.7. The van der Waals surface area contributed by atoms with Gasteiger partial charge >= 0.3 is 5.97 Å². The summed E-state index contributed by atoms with van der Waals surface area (Å²) in [5, 5.41) is 49.4. The van der Waals surface area contributed by atoms with Crippen molar-refractivity contribution in [2.75, 3.05) is 20.2 Å². The van der Waals surface area contributed by atoms with Gasteiger partial charge in [-0.1, -0.05) is 111 Å². The summed E-state index contributed by atoms with van der Waals surface area (Å²) < 4.78 is 32.8. The molecule has 31 heteroatoms. The Morgan fingerprint density at radius 2 is 1.18 bits per heavy atom. The van der Waals surface area contributed by atoms with Gasteiger partial charge < -0.3 is 85.1 Å². The summed E-state index contributed by atoms with van der Waals surface area (Å²) in [4.78, 5) is 167. The number of aliphatic hydroxyl groups is 1. The third kappa shape index (κ3) is 24.1. The van der Waals surface area contributed by atoms with Crippen molar-refractivity contribution in [1.82, 2.24) is 63.8 Å². The molecule has 1 spiro atoms. The number of hydrogen-bond donors (Lipinski definition) is 16. The smallest absolute Gasteiger partial charge is 0.329 e. The Kier molecular flexibility index (Phi) is 32.5. The molecular weight excluding hydrogens is 1220 g/mol. The Morgan fingerprint density at radius 3 is 1.69 bits per heavy atom. The molecule has 1 heterocycles. The highest BCUT2D eigenvalue weighted by Gasteiger charge is 2.62. The highest BCUT2D eigenvalue weighted by molar-refractivity contribution is 6.01. The maximum Gasteiger partial charge on any atom is 0.329 e. The molecule has 11 amide bonds. The molecular formula is C62H101F2N15O14. The van der Waals surface area contributed by atoms with Crippen LogP contribution in [0.1, 0.15) is 145 Å². The fourth-order valence-corrected chi connectivity index (χ4v) is 10.5. The molecule has 2 unspecified atom stereocenters. The van der Waals surface area contributed by atoms with Gasteiger partial charge in [0, 0.05) is 19.4 Å². The van der Waals surface area contributed by atoms with Gasteiger partial charge in [-0.2, -0.15) is 0 Å². The fourth-order valence-electron chi connectivity index (χ4n) is 10.5. The number of carbonyl (C=O) groups excluding carboxylic acids is 12. The second kappa shape index (κ2) is 38.2. The Morgan fingerprint density at radius 1 is 0.677 bits per heavy atom. The Bertz CT molecular complexity index is 2750. The van der Waals surface area contributed by atoms with Crippen molar-refractivity contribution in [2.24, 2.45) is 41.1 Å². The fraction of sp³-hybridized carbons (Fsp3) is 0.694. The molecule has 1 saturated heterocycles. The number of cyclic esters (lactones) is 1. The molecule has 2 aliphatic rings. The molecule has 0 bridgehead atoms. The number of halogens is 2. The summed E-state index contributed by atoms with van der Waals surface area (Å²) in [5.74, 6) is -14.9. The number of esters is 1. The SMILES string of the molecule is CC[C@H](C)[C@H](NC(=O)[C@@H](CCc1ccccc1)NC)C(=O)N[C@@H](CCCNC(=N)N)C(=O)N[C@H](CCC(N)=O)C(=O)N[C@@H](C(=O)N[C@H](C(=O)N[C@@H](CO)C(=O)N[C@H]1C(=O)N[C@@H](C)C(=O)NC2(CC2CC(F)F)C(=O)N[C@@H]([C@@H](C)CC)C(=O)O[C@H]1C)[C@@H](C)CC)[C@@H](C)CC. The van der Waals surface area contributed by atoms with Gasteiger partial charge in [-0.05, 0) is 94.6 Å². The highest BCUT2D eigenvalue weighted by Crippen LogP contribution is 2.48. The minimum Gasteiger partial charge on any atom is -0.458 e. The molecule has 18 N–H and O–H groups in total. The Labute approximate surface area is 542 Å². The number of nitrogens with two attached hydrogens (primary N) is 2. The molecule has 2 fully saturated rings. The minimum absolute atomic E-state index is 0.0864. The van der Waals surface area contributed by atoms with E-state index in [1.165, 1.54) is 13.8 Å². The summed E-state index contributed by atoms with van der Waals surface area (Å²) in [6.07, 6.45) is -3.93. The van der Waals surface area contributed by atoms with Gasteiger partial charge in [0.05, 0.1) is 12.6 Å². The van der Waals surface area contributed by atoms with E-state index >= 15 is 0 Å². The molecule has 1 aliphatic heterocycles. The molecule has 93 heavy (non-hydrogen) atoms. The zero-order valence-corrected chi connectivity index (χ0v) is 55.3. The first kappa shape index (κ1) is 79.1. The number of primary amides is 1. The number of aryl methyl sites for hydroxylation is 1. The first-order chi connectivity index (χ1) is 43.8. The lowest BCUT2D eigenvalue weighted by Gasteiger charge is -2.31. The topological polar surface area (TPSA) is 455 Å². The number of guanidine groups is 1. The number of aliphatic hydroxyl groups excluding tert-OH is 1. The number of benzene rings is 1. The van der Waals surface area contributed by atoms with Crippen LogP contribution in [0.25, 0.3) is 0 Å². The largest absolute Gasteiger partial charge is 0.458 e. The van der Waals surface area contributed by atoms with Crippen LogP contribution in [0.5, 0.6) is 0 Å². The maximum atomic E-state index is 14.5. The van der Waals surface area contributed by atoms with Gasteiger partial charge in [-0.15, -0.1) is 0 Å². The highest BCUT2D eigenvalue weighted by atomic mass is 19.3. The second-order valence-corrected chi connectivity index (χ2v) is 24.5. The molecule has 1 aromatic carbocycles. The number of rotatable bonds is 36. The van der Waals surface area contributed by atoms with E-state index < -0.39 is 205 Å². The van der Waals surface area contributed by atoms with Crippen LogP contribution < -0.4 is 75.3 Å². The third-order valence-electron chi connectivity index (χ3n) is 17.5. The number of amides is 11. The van der Waals surface area contributed by atoms with E-state index in [2.05, 4.69) is 63.8 Å². The average Bonchev–Trinajstić information content (AvgIpc) is 1.58.